The Hall–Kier alpha value is -2.32. The molecule has 5 nitrogen and oxygen atoms in total. The number of para-hydroxylation sites is 3. The first-order chi connectivity index (χ1) is 13.6. The zero-order valence-corrected chi connectivity index (χ0v) is 16.5. The summed E-state index contributed by atoms with van der Waals surface area (Å²) < 4.78 is 30.8. The number of ether oxygens (including phenoxy) is 1. The number of quaternary nitrogens is 1. The number of thioether (sulfide) groups is 1. The predicted molar refractivity (Wildman–Crippen MR) is 108 cm³/mol. The summed E-state index contributed by atoms with van der Waals surface area (Å²) >= 11 is 0.441. The van der Waals surface area contributed by atoms with E-state index in [2.05, 4.69) is 10.2 Å². The molecule has 1 amide bonds. The topological polar surface area (TPSA) is 46.0 Å². The van der Waals surface area contributed by atoms with Crippen molar-refractivity contribution in [3.05, 3.63) is 48.5 Å². The summed E-state index contributed by atoms with van der Waals surface area (Å²) in [5, 5.41) is 2.78. The molecule has 0 aromatic heterocycles. The van der Waals surface area contributed by atoms with Crippen molar-refractivity contribution >= 4 is 29.0 Å². The number of hydrogen-bond acceptors (Lipinski definition) is 4. The lowest BCUT2D eigenvalue weighted by atomic mass is 10.2. The van der Waals surface area contributed by atoms with Crippen molar-refractivity contribution in [3.8, 4) is 5.75 Å². The van der Waals surface area contributed by atoms with Crippen LogP contribution in [0.5, 0.6) is 5.75 Å². The molecule has 3 rings (SSSR count). The van der Waals surface area contributed by atoms with Crippen molar-refractivity contribution in [3.63, 3.8) is 0 Å². The maximum Gasteiger partial charge on any atom is 0.288 e. The highest BCUT2D eigenvalue weighted by molar-refractivity contribution is 7.99. The Morgan fingerprint density at radius 2 is 1.86 bits per heavy atom. The number of carbonyl (C=O) groups is 1. The van der Waals surface area contributed by atoms with Gasteiger partial charge in [-0.2, -0.15) is 8.78 Å². The number of piperazine rings is 1. The van der Waals surface area contributed by atoms with Gasteiger partial charge < -0.3 is 19.9 Å². The second-order valence-electron chi connectivity index (χ2n) is 6.51. The van der Waals surface area contributed by atoms with Crippen molar-refractivity contribution in [1.82, 2.24) is 0 Å². The number of carbonyl (C=O) groups excluding carboxylic acids is 1. The number of halogens is 2. The van der Waals surface area contributed by atoms with Crippen LogP contribution in [0.25, 0.3) is 0 Å². The Morgan fingerprint density at radius 1 is 1.18 bits per heavy atom. The molecule has 28 heavy (non-hydrogen) atoms. The van der Waals surface area contributed by atoms with E-state index in [1.54, 1.807) is 31.4 Å². The van der Waals surface area contributed by atoms with Crippen LogP contribution in [0.3, 0.4) is 0 Å². The van der Waals surface area contributed by atoms with E-state index in [1.807, 2.05) is 24.3 Å². The minimum Gasteiger partial charge on any atom is -0.495 e. The fourth-order valence-corrected chi connectivity index (χ4v) is 3.92. The van der Waals surface area contributed by atoms with Crippen molar-refractivity contribution in [2.24, 2.45) is 0 Å². The molecule has 1 fully saturated rings. The molecule has 0 unspecified atom stereocenters. The van der Waals surface area contributed by atoms with Crippen molar-refractivity contribution in [2.45, 2.75) is 10.7 Å². The Labute approximate surface area is 167 Å². The van der Waals surface area contributed by atoms with Crippen LogP contribution in [-0.2, 0) is 4.79 Å². The number of nitrogens with zero attached hydrogens (tertiary/aromatic N) is 1. The molecule has 1 heterocycles. The molecule has 1 aliphatic heterocycles. The average molecular weight is 408 g/mol. The summed E-state index contributed by atoms with van der Waals surface area (Å²) in [6, 6.07) is 14.6. The quantitative estimate of drug-likeness (QED) is 0.691. The van der Waals surface area contributed by atoms with Gasteiger partial charge in [0.05, 0.1) is 44.7 Å². The van der Waals surface area contributed by atoms with Gasteiger partial charge in [0.1, 0.15) is 5.75 Å². The van der Waals surface area contributed by atoms with Crippen LogP contribution in [0.4, 0.5) is 20.2 Å². The van der Waals surface area contributed by atoms with Gasteiger partial charge in [-0.1, -0.05) is 36.0 Å². The van der Waals surface area contributed by atoms with E-state index in [9.17, 15) is 13.6 Å². The highest BCUT2D eigenvalue weighted by Gasteiger charge is 2.24. The summed E-state index contributed by atoms with van der Waals surface area (Å²) in [7, 11) is 1.66. The molecule has 0 saturated carbocycles. The maximum atomic E-state index is 12.7. The predicted octanol–water partition coefficient (Wildman–Crippen LogP) is 2.35. The van der Waals surface area contributed by atoms with E-state index in [0.29, 0.717) is 28.9 Å². The monoisotopic (exact) mass is 408 g/mol. The second kappa shape index (κ2) is 9.75. The van der Waals surface area contributed by atoms with E-state index < -0.39 is 5.76 Å². The molecule has 0 bridgehead atoms. The molecule has 0 radical (unpaired) electrons. The molecule has 0 atom stereocenters. The van der Waals surface area contributed by atoms with E-state index in [4.69, 9.17) is 4.74 Å². The smallest absolute Gasteiger partial charge is 0.288 e. The summed E-state index contributed by atoms with van der Waals surface area (Å²) in [5.41, 5.74) is 1.50. The van der Waals surface area contributed by atoms with Gasteiger partial charge in [0.2, 0.25) is 0 Å². The van der Waals surface area contributed by atoms with Gasteiger partial charge in [-0.05, 0) is 24.3 Å². The number of methoxy groups -OCH3 is 1. The van der Waals surface area contributed by atoms with Gasteiger partial charge in [-0.3, -0.25) is 4.79 Å². The lowest BCUT2D eigenvalue weighted by Crippen LogP contribution is -3.15. The van der Waals surface area contributed by atoms with Crippen LogP contribution in [0.15, 0.2) is 53.4 Å². The summed E-state index contributed by atoms with van der Waals surface area (Å²) in [6.07, 6.45) is 0. The number of hydrogen-bond donors (Lipinski definition) is 2. The summed E-state index contributed by atoms with van der Waals surface area (Å²) in [5.74, 6) is -1.84. The van der Waals surface area contributed by atoms with Crippen LogP contribution < -0.4 is 19.9 Å². The molecule has 0 spiro atoms. The fraction of sp³-hybridized carbons (Fsp3) is 0.350. The fourth-order valence-electron chi connectivity index (χ4n) is 3.32. The third-order valence-corrected chi connectivity index (χ3v) is 5.47. The minimum atomic E-state index is -2.52. The molecule has 2 aromatic rings. The van der Waals surface area contributed by atoms with Crippen molar-refractivity contribution < 1.29 is 23.2 Å². The summed E-state index contributed by atoms with van der Waals surface area (Å²) in [4.78, 5) is 16.2. The summed E-state index contributed by atoms with van der Waals surface area (Å²) in [6.45, 7) is 3.59. The van der Waals surface area contributed by atoms with Gasteiger partial charge in [0, 0.05) is 4.90 Å². The number of rotatable bonds is 7. The van der Waals surface area contributed by atoms with Gasteiger partial charge in [0.15, 0.2) is 6.54 Å². The molecule has 8 heteroatoms. The average Bonchev–Trinajstić information content (AvgIpc) is 2.69. The highest BCUT2D eigenvalue weighted by Crippen LogP contribution is 2.31. The molecule has 2 aromatic carbocycles. The number of anilines is 2. The lowest BCUT2D eigenvalue weighted by molar-refractivity contribution is -0.892. The Morgan fingerprint density at radius 3 is 2.57 bits per heavy atom. The third kappa shape index (κ3) is 5.36. The highest BCUT2D eigenvalue weighted by atomic mass is 32.2. The third-order valence-electron chi connectivity index (χ3n) is 4.68. The van der Waals surface area contributed by atoms with Crippen molar-refractivity contribution in [2.75, 3.05) is 50.1 Å². The van der Waals surface area contributed by atoms with Crippen LogP contribution in [0.1, 0.15) is 0 Å². The lowest BCUT2D eigenvalue weighted by Gasteiger charge is -2.34. The molecule has 0 aliphatic carbocycles. The molecule has 1 saturated heterocycles. The Bertz CT molecular complexity index is 799. The molecular weight excluding hydrogens is 384 g/mol. The van der Waals surface area contributed by atoms with E-state index >= 15 is 0 Å². The number of nitrogens with one attached hydrogen (secondary N) is 2. The Balaban J connectivity index is 1.53. The van der Waals surface area contributed by atoms with Gasteiger partial charge in [-0.15, -0.1) is 0 Å². The molecule has 150 valence electrons. The largest absolute Gasteiger partial charge is 0.495 e. The van der Waals surface area contributed by atoms with Crippen LogP contribution >= 0.6 is 11.8 Å². The second-order valence-corrected chi connectivity index (χ2v) is 7.54. The van der Waals surface area contributed by atoms with E-state index in [0.717, 1.165) is 37.6 Å². The van der Waals surface area contributed by atoms with Gasteiger partial charge in [-0.25, -0.2) is 0 Å². The number of alkyl halides is 2. The zero-order chi connectivity index (χ0) is 19.9. The molecule has 1 aliphatic rings. The Kier molecular flexibility index (Phi) is 7.11. The number of amides is 1. The van der Waals surface area contributed by atoms with Crippen LogP contribution in [0, 0.1) is 0 Å². The SMILES string of the molecule is COc1ccccc1N1CC[NH+](CC(=O)Nc2ccccc2SC(F)F)CC1. The normalized spacial score (nSPS) is 14.9. The van der Waals surface area contributed by atoms with Gasteiger partial charge >= 0.3 is 0 Å². The molecule has 2 N–H and O–H groups in total. The first-order valence-corrected chi connectivity index (χ1v) is 10.00. The zero-order valence-electron chi connectivity index (χ0n) is 15.7. The molecular formula is C20H24F2N3O2S+. The van der Waals surface area contributed by atoms with E-state index in [1.165, 1.54) is 4.90 Å². The van der Waals surface area contributed by atoms with Crippen LogP contribution in [0.2, 0.25) is 0 Å². The minimum absolute atomic E-state index is 0.164. The maximum absolute atomic E-state index is 12.7. The van der Waals surface area contributed by atoms with Crippen LogP contribution in [-0.4, -0.2) is 51.5 Å². The van der Waals surface area contributed by atoms with Crippen molar-refractivity contribution in [1.29, 1.82) is 0 Å². The van der Waals surface area contributed by atoms with Gasteiger partial charge in [0.25, 0.3) is 11.7 Å². The number of benzene rings is 2. The first-order valence-electron chi connectivity index (χ1n) is 9.12. The standard InChI is InChI=1S/C20H23F2N3O2S/c1-27-17-8-4-3-7-16(17)25-12-10-24(11-13-25)14-19(26)23-15-6-2-5-9-18(15)28-20(21)22/h2-9,20H,10-14H2,1H3,(H,23,26)/p+1. The van der Waals surface area contributed by atoms with E-state index in [-0.39, 0.29) is 5.91 Å². The first kappa shape index (κ1) is 20.4.